The van der Waals surface area contributed by atoms with Gasteiger partial charge in [-0.2, -0.15) is 0 Å². The number of nitrogens with zero attached hydrogens (tertiary/aromatic N) is 4. The van der Waals surface area contributed by atoms with Gasteiger partial charge in [-0.1, -0.05) is 36.7 Å². The van der Waals surface area contributed by atoms with E-state index in [-0.39, 0.29) is 18.0 Å². The van der Waals surface area contributed by atoms with Crippen molar-refractivity contribution >= 4 is 40.2 Å². The Morgan fingerprint density at radius 2 is 1.82 bits per heavy atom. The van der Waals surface area contributed by atoms with Gasteiger partial charge in [-0.3, -0.25) is 4.79 Å². The van der Waals surface area contributed by atoms with Crippen molar-refractivity contribution in [3.8, 4) is 11.3 Å². The molecule has 2 amide bonds. The molecule has 0 N–H and O–H groups in total. The predicted molar refractivity (Wildman–Crippen MR) is 149 cm³/mol. The molecule has 2 saturated heterocycles. The molecule has 200 valence electrons. The lowest BCUT2D eigenvalue weighted by molar-refractivity contribution is 0.0412. The Labute approximate surface area is 228 Å². The maximum atomic E-state index is 13.4. The highest BCUT2D eigenvalue weighted by molar-refractivity contribution is 6.35. The summed E-state index contributed by atoms with van der Waals surface area (Å²) in [6.07, 6.45) is 0.460. The zero-order valence-corrected chi connectivity index (χ0v) is 22.6. The van der Waals surface area contributed by atoms with E-state index < -0.39 is 0 Å². The van der Waals surface area contributed by atoms with Crippen LogP contribution in [0.15, 0.2) is 48.5 Å². The van der Waals surface area contributed by atoms with Crippen LogP contribution in [0.3, 0.4) is 0 Å². The molecule has 0 saturated carbocycles. The third-order valence-electron chi connectivity index (χ3n) is 7.12. The van der Waals surface area contributed by atoms with E-state index in [1.165, 1.54) is 0 Å². The van der Waals surface area contributed by atoms with Gasteiger partial charge in [0.15, 0.2) is 0 Å². The van der Waals surface area contributed by atoms with Crippen LogP contribution < -0.4 is 4.90 Å². The van der Waals surface area contributed by atoms with E-state index in [1.807, 2.05) is 32.0 Å². The Bertz CT molecular complexity index is 1310. The van der Waals surface area contributed by atoms with Gasteiger partial charge in [0, 0.05) is 61.0 Å². The van der Waals surface area contributed by atoms with Crippen LogP contribution in [0.4, 0.5) is 10.5 Å². The molecule has 0 unspecified atom stereocenters. The summed E-state index contributed by atoms with van der Waals surface area (Å²) in [5.41, 5.74) is 4.10. The first-order valence-corrected chi connectivity index (χ1v) is 13.6. The van der Waals surface area contributed by atoms with Gasteiger partial charge in [-0.05, 0) is 43.7 Å². The second-order valence-corrected chi connectivity index (χ2v) is 10.2. The van der Waals surface area contributed by atoms with Crippen molar-refractivity contribution in [1.29, 1.82) is 0 Å². The van der Waals surface area contributed by atoms with Crippen LogP contribution in [0.5, 0.6) is 0 Å². The van der Waals surface area contributed by atoms with E-state index in [4.69, 9.17) is 26.1 Å². The van der Waals surface area contributed by atoms with Crippen molar-refractivity contribution in [3.63, 3.8) is 0 Å². The number of aromatic nitrogens is 1. The Balaban J connectivity index is 1.33. The van der Waals surface area contributed by atoms with Gasteiger partial charge < -0.3 is 24.2 Å². The minimum absolute atomic E-state index is 0.0847. The van der Waals surface area contributed by atoms with E-state index in [1.54, 1.807) is 15.9 Å². The molecular weight excluding hydrogens is 504 g/mol. The summed E-state index contributed by atoms with van der Waals surface area (Å²) in [7, 11) is 0. The second kappa shape index (κ2) is 11.6. The molecule has 2 aromatic carbocycles. The molecule has 8 nitrogen and oxygen atoms in total. The molecule has 1 atom stereocenters. The molecule has 0 spiro atoms. The average Bonchev–Trinajstić information content (AvgIpc) is 2.95. The molecule has 38 heavy (non-hydrogen) atoms. The highest BCUT2D eigenvalue weighted by Crippen LogP contribution is 2.30. The fourth-order valence-electron chi connectivity index (χ4n) is 5.00. The van der Waals surface area contributed by atoms with Crippen LogP contribution >= 0.6 is 11.6 Å². The summed E-state index contributed by atoms with van der Waals surface area (Å²) in [4.78, 5) is 36.3. The standard InChI is InChI=1S/C29H33ClN4O4/c1-3-14-38-29(36)34-11-10-33(19-20(34)2)28(35)22-6-9-24-25(30)18-26(31-27(24)17-22)21-4-7-23(8-5-21)32-12-15-37-16-13-32/h4-9,17-18,20H,3,10-16,19H2,1-2H3/t20-/m1/s1. The predicted octanol–water partition coefficient (Wildman–Crippen LogP) is 5.08. The van der Waals surface area contributed by atoms with Crippen LogP contribution in [-0.2, 0) is 9.47 Å². The quantitative estimate of drug-likeness (QED) is 0.452. The molecule has 3 aromatic rings. The van der Waals surface area contributed by atoms with E-state index >= 15 is 0 Å². The fourth-order valence-corrected chi connectivity index (χ4v) is 5.26. The van der Waals surface area contributed by atoms with Crippen LogP contribution in [0.2, 0.25) is 5.02 Å². The number of halogens is 1. The molecule has 2 fully saturated rings. The van der Waals surface area contributed by atoms with Gasteiger partial charge in [0.25, 0.3) is 5.91 Å². The molecule has 5 rings (SSSR count). The molecule has 0 radical (unpaired) electrons. The summed E-state index contributed by atoms with van der Waals surface area (Å²) in [6, 6.07) is 15.5. The smallest absolute Gasteiger partial charge is 0.410 e. The summed E-state index contributed by atoms with van der Waals surface area (Å²) in [5.74, 6) is -0.0847. The number of carbonyl (C=O) groups is 2. The number of carbonyl (C=O) groups excluding carboxylic acids is 2. The van der Waals surface area contributed by atoms with Crippen molar-refractivity contribution in [3.05, 3.63) is 59.1 Å². The molecule has 3 heterocycles. The van der Waals surface area contributed by atoms with E-state index in [9.17, 15) is 9.59 Å². The van der Waals surface area contributed by atoms with E-state index in [0.29, 0.717) is 42.3 Å². The van der Waals surface area contributed by atoms with Crippen molar-refractivity contribution in [2.45, 2.75) is 26.3 Å². The zero-order valence-electron chi connectivity index (χ0n) is 21.9. The maximum Gasteiger partial charge on any atom is 0.410 e. The topological polar surface area (TPSA) is 75.2 Å². The zero-order chi connectivity index (χ0) is 26.6. The molecular formula is C29H33ClN4O4. The lowest BCUT2D eigenvalue weighted by atomic mass is 10.1. The van der Waals surface area contributed by atoms with Gasteiger partial charge in [-0.15, -0.1) is 0 Å². The number of benzene rings is 2. The van der Waals surface area contributed by atoms with Gasteiger partial charge in [0.2, 0.25) is 0 Å². The van der Waals surface area contributed by atoms with Gasteiger partial charge in [-0.25, -0.2) is 9.78 Å². The number of hydrogen-bond acceptors (Lipinski definition) is 6. The molecule has 0 bridgehead atoms. The first-order chi connectivity index (χ1) is 18.4. The van der Waals surface area contributed by atoms with Crippen molar-refractivity contribution in [1.82, 2.24) is 14.8 Å². The third-order valence-corrected chi connectivity index (χ3v) is 7.44. The molecule has 2 aliphatic heterocycles. The number of rotatable bonds is 5. The largest absolute Gasteiger partial charge is 0.449 e. The maximum absolute atomic E-state index is 13.4. The van der Waals surface area contributed by atoms with Crippen LogP contribution in [0, 0.1) is 0 Å². The number of fused-ring (bicyclic) bond motifs is 1. The second-order valence-electron chi connectivity index (χ2n) is 9.78. The normalized spacial score (nSPS) is 18.1. The van der Waals surface area contributed by atoms with Crippen molar-refractivity contribution in [2.24, 2.45) is 0 Å². The summed E-state index contributed by atoms with van der Waals surface area (Å²) < 4.78 is 10.7. The monoisotopic (exact) mass is 536 g/mol. The molecule has 2 aliphatic rings. The highest BCUT2D eigenvalue weighted by Gasteiger charge is 2.31. The van der Waals surface area contributed by atoms with Crippen LogP contribution in [0.1, 0.15) is 30.6 Å². The third kappa shape index (κ3) is 5.56. The number of anilines is 1. The highest BCUT2D eigenvalue weighted by atomic mass is 35.5. The molecule has 0 aliphatic carbocycles. The minimum atomic E-state index is -0.318. The van der Waals surface area contributed by atoms with E-state index in [2.05, 4.69) is 29.2 Å². The number of pyridine rings is 1. The minimum Gasteiger partial charge on any atom is -0.449 e. The average molecular weight is 537 g/mol. The van der Waals surface area contributed by atoms with Crippen molar-refractivity contribution < 1.29 is 19.1 Å². The Morgan fingerprint density at radius 1 is 1.05 bits per heavy atom. The van der Waals surface area contributed by atoms with Gasteiger partial charge >= 0.3 is 6.09 Å². The van der Waals surface area contributed by atoms with Crippen LogP contribution in [-0.4, -0.2) is 85.4 Å². The number of ether oxygens (including phenoxy) is 2. The van der Waals surface area contributed by atoms with E-state index in [0.717, 1.165) is 55.1 Å². The lowest BCUT2D eigenvalue weighted by Crippen LogP contribution is -2.55. The van der Waals surface area contributed by atoms with Gasteiger partial charge in [0.1, 0.15) is 0 Å². The summed E-state index contributed by atoms with van der Waals surface area (Å²) >= 11 is 6.64. The van der Waals surface area contributed by atoms with Gasteiger partial charge in [0.05, 0.1) is 36.1 Å². The van der Waals surface area contributed by atoms with Crippen LogP contribution in [0.25, 0.3) is 22.2 Å². The number of hydrogen-bond donors (Lipinski definition) is 0. The first kappa shape index (κ1) is 26.3. The summed E-state index contributed by atoms with van der Waals surface area (Å²) in [5, 5.41) is 1.39. The lowest BCUT2D eigenvalue weighted by Gasteiger charge is -2.39. The number of amides is 2. The fraction of sp³-hybridized carbons (Fsp3) is 0.414. The Hall–Kier alpha value is -3.36. The Morgan fingerprint density at radius 3 is 2.53 bits per heavy atom. The molecule has 9 heteroatoms. The van der Waals surface area contributed by atoms with Crippen molar-refractivity contribution in [2.75, 3.05) is 57.4 Å². The number of piperazine rings is 1. The first-order valence-electron chi connectivity index (χ1n) is 13.2. The Kier molecular flexibility index (Phi) is 8.00. The molecule has 1 aromatic heterocycles. The number of morpholine rings is 1. The SMILES string of the molecule is CCCOC(=O)N1CCN(C(=O)c2ccc3c(Cl)cc(-c4ccc(N5CCOCC5)cc4)nc3c2)C[C@H]1C. The summed E-state index contributed by atoms with van der Waals surface area (Å²) in [6.45, 7) is 8.88.